The Hall–Kier alpha value is -3.48. The Kier molecular flexibility index (Phi) is 6.21. The van der Waals surface area contributed by atoms with Crippen LogP contribution >= 0.6 is 0 Å². The summed E-state index contributed by atoms with van der Waals surface area (Å²) >= 11 is 0. The molecular weight excluding hydrogens is 326 g/mol. The van der Waals surface area contributed by atoms with Gasteiger partial charge >= 0.3 is 0 Å². The molecule has 2 aromatic carbocycles. The lowest BCUT2D eigenvalue weighted by Crippen LogP contribution is -2.22. The Morgan fingerprint density at radius 2 is 1.27 bits per heavy atom. The third-order valence-electron chi connectivity index (χ3n) is 3.59. The quantitative estimate of drug-likeness (QED) is 0.436. The van der Waals surface area contributed by atoms with Crippen LogP contribution in [-0.2, 0) is 0 Å². The fraction of sp³-hybridized carbons (Fsp3) is 0.158. The zero-order chi connectivity index (χ0) is 19.1. The first-order chi connectivity index (χ1) is 12.4. The van der Waals surface area contributed by atoms with Crippen LogP contribution < -0.4 is 17.2 Å². The molecule has 0 saturated carbocycles. The highest BCUT2D eigenvalue weighted by Gasteiger charge is 2.04. The van der Waals surface area contributed by atoms with Crippen molar-refractivity contribution in [1.29, 1.82) is 0 Å². The number of hydrogen-bond donors (Lipinski definition) is 3. The van der Waals surface area contributed by atoms with E-state index in [1.54, 1.807) is 6.92 Å². The monoisotopic (exact) mass is 349 g/mol. The summed E-state index contributed by atoms with van der Waals surface area (Å²) in [6, 6.07) is 16.1. The van der Waals surface area contributed by atoms with E-state index in [9.17, 15) is 0 Å². The van der Waals surface area contributed by atoms with Crippen LogP contribution in [0.25, 0.3) is 11.1 Å². The minimum absolute atomic E-state index is 0.0658. The molecular formula is C19H23N7. The van der Waals surface area contributed by atoms with E-state index in [0.29, 0.717) is 5.84 Å². The summed E-state index contributed by atoms with van der Waals surface area (Å²) in [6.07, 6.45) is 0. The second kappa shape index (κ2) is 8.57. The minimum atomic E-state index is -0.0658. The molecule has 0 atom stereocenters. The zero-order valence-electron chi connectivity index (χ0n) is 15.1. The maximum atomic E-state index is 5.53. The van der Waals surface area contributed by atoms with Crippen LogP contribution in [0.4, 0.5) is 0 Å². The van der Waals surface area contributed by atoms with E-state index in [4.69, 9.17) is 17.2 Å². The molecule has 0 aliphatic heterocycles. The molecule has 0 aromatic heterocycles. The van der Waals surface area contributed by atoms with Gasteiger partial charge in [0.25, 0.3) is 0 Å². The largest absolute Gasteiger partial charge is 0.386 e. The summed E-state index contributed by atoms with van der Waals surface area (Å²) in [7, 11) is 0. The number of amidine groups is 1. The van der Waals surface area contributed by atoms with E-state index in [-0.39, 0.29) is 5.96 Å². The molecule has 2 aromatic rings. The van der Waals surface area contributed by atoms with E-state index in [2.05, 4.69) is 26.5 Å². The van der Waals surface area contributed by atoms with Crippen molar-refractivity contribution in [3.05, 3.63) is 59.7 Å². The summed E-state index contributed by atoms with van der Waals surface area (Å²) in [5, 5.41) is 15.7. The van der Waals surface area contributed by atoms with Gasteiger partial charge in [-0.05, 0) is 49.1 Å². The normalized spacial score (nSPS) is 12.8. The van der Waals surface area contributed by atoms with Crippen molar-refractivity contribution >= 4 is 23.2 Å². The molecule has 7 heteroatoms. The van der Waals surface area contributed by atoms with Crippen LogP contribution in [0.3, 0.4) is 0 Å². The van der Waals surface area contributed by atoms with E-state index in [1.165, 1.54) is 0 Å². The lowest BCUT2D eigenvalue weighted by atomic mass is 9.99. The van der Waals surface area contributed by atoms with Crippen molar-refractivity contribution < 1.29 is 0 Å². The summed E-state index contributed by atoms with van der Waals surface area (Å²) in [6.45, 7) is 5.45. The molecule has 0 bridgehead atoms. The lowest BCUT2D eigenvalue weighted by molar-refractivity contribution is 1.20. The first-order valence-corrected chi connectivity index (χ1v) is 8.05. The second-order valence-electron chi connectivity index (χ2n) is 5.80. The number of hydrogen-bond acceptors (Lipinski definition) is 4. The van der Waals surface area contributed by atoms with E-state index >= 15 is 0 Å². The van der Waals surface area contributed by atoms with Gasteiger partial charge in [-0.15, -0.1) is 10.2 Å². The molecule has 0 saturated heterocycles. The third-order valence-corrected chi connectivity index (χ3v) is 3.59. The molecule has 6 N–H and O–H groups in total. The highest BCUT2D eigenvalue weighted by atomic mass is 15.3. The molecule has 0 radical (unpaired) electrons. The Bertz CT molecular complexity index is 882. The van der Waals surface area contributed by atoms with Gasteiger partial charge in [0.2, 0.25) is 5.96 Å². The highest BCUT2D eigenvalue weighted by Crippen LogP contribution is 2.22. The van der Waals surface area contributed by atoms with Gasteiger partial charge in [-0.25, -0.2) is 0 Å². The Morgan fingerprint density at radius 1 is 0.654 bits per heavy atom. The number of nitrogens with zero attached hydrogens (tertiary/aromatic N) is 4. The average molecular weight is 349 g/mol. The van der Waals surface area contributed by atoms with Gasteiger partial charge in [0.15, 0.2) is 0 Å². The van der Waals surface area contributed by atoms with Gasteiger partial charge in [-0.2, -0.15) is 10.2 Å². The molecule has 0 heterocycles. The van der Waals surface area contributed by atoms with Crippen LogP contribution in [-0.4, -0.2) is 23.2 Å². The predicted molar refractivity (Wildman–Crippen MR) is 109 cm³/mol. The van der Waals surface area contributed by atoms with Crippen molar-refractivity contribution in [2.75, 3.05) is 0 Å². The zero-order valence-corrected chi connectivity index (χ0v) is 15.1. The van der Waals surface area contributed by atoms with Crippen LogP contribution in [0.5, 0.6) is 0 Å². The fourth-order valence-corrected chi connectivity index (χ4v) is 2.23. The van der Waals surface area contributed by atoms with E-state index in [1.807, 2.05) is 56.3 Å². The molecule has 0 fully saturated rings. The Balaban J connectivity index is 2.28. The van der Waals surface area contributed by atoms with Gasteiger partial charge in [-0.1, -0.05) is 42.5 Å². The van der Waals surface area contributed by atoms with Crippen molar-refractivity contribution in [2.45, 2.75) is 20.8 Å². The van der Waals surface area contributed by atoms with Gasteiger partial charge in [-0.3, -0.25) is 0 Å². The molecule has 7 nitrogen and oxygen atoms in total. The van der Waals surface area contributed by atoms with Crippen LogP contribution in [0.15, 0.2) is 68.9 Å². The van der Waals surface area contributed by atoms with Crippen LogP contribution in [0.2, 0.25) is 0 Å². The van der Waals surface area contributed by atoms with E-state index < -0.39 is 0 Å². The molecule has 134 valence electrons. The number of rotatable bonds is 5. The highest BCUT2D eigenvalue weighted by molar-refractivity contribution is 6.01. The minimum Gasteiger partial charge on any atom is -0.386 e. The van der Waals surface area contributed by atoms with Gasteiger partial charge in [0, 0.05) is 0 Å². The molecule has 26 heavy (non-hydrogen) atoms. The summed E-state index contributed by atoms with van der Waals surface area (Å²) in [5.41, 5.74) is 21.7. The van der Waals surface area contributed by atoms with Crippen molar-refractivity contribution in [1.82, 2.24) is 0 Å². The summed E-state index contributed by atoms with van der Waals surface area (Å²) in [4.78, 5) is 0. The van der Waals surface area contributed by atoms with Crippen molar-refractivity contribution in [2.24, 2.45) is 37.6 Å². The smallest absolute Gasteiger partial charge is 0.211 e. The topological polar surface area (TPSA) is 127 Å². The SMILES string of the molecule is CC(N)=N/N=C(\C)c1cccc(-c2ccc(/C(C)=N/N=C(N)N)cc2)c1. The second-order valence-corrected chi connectivity index (χ2v) is 5.80. The van der Waals surface area contributed by atoms with E-state index in [0.717, 1.165) is 33.7 Å². The molecule has 0 unspecified atom stereocenters. The number of nitrogens with two attached hydrogens (primary N) is 3. The summed E-state index contributed by atoms with van der Waals surface area (Å²) in [5.74, 6) is 0.359. The Morgan fingerprint density at radius 3 is 1.88 bits per heavy atom. The van der Waals surface area contributed by atoms with Crippen LogP contribution in [0, 0.1) is 0 Å². The number of benzene rings is 2. The average Bonchev–Trinajstić information content (AvgIpc) is 2.64. The molecule has 0 amide bonds. The molecule has 2 rings (SSSR count). The van der Waals surface area contributed by atoms with Crippen LogP contribution in [0.1, 0.15) is 31.9 Å². The molecule has 0 aliphatic rings. The van der Waals surface area contributed by atoms with Crippen molar-refractivity contribution in [3.63, 3.8) is 0 Å². The first kappa shape index (κ1) is 18.9. The summed E-state index contributed by atoms with van der Waals surface area (Å²) < 4.78 is 0. The lowest BCUT2D eigenvalue weighted by Gasteiger charge is -2.06. The maximum Gasteiger partial charge on any atom is 0.211 e. The standard InChI is InChI=1S/C19H23N7/c1-12(24-26-19(21)22)15-7-9-16(10-8-15)18-6-4-5-17(11-18)13(2)23-25-14(3)20/h4-11H,1-3H3,(H2,20,25)(H4,21,22,26)/b23-13+,24-12+. The maximum absolute atomic E-state index is 5.53. The number of guanidine groups is 1. The van der Waals surface area contributed by atoms with Gasteiger partial charge in [0.05, 0.1) is 11.4 Å². The Labute approximate surface area is 153 Å². The third kappa shape index (κ3) is 5.27. The molecule has 0 spiro atoms. The fourth-order valence-electron chi connectivity index (χ4n) is 2.23. The van der Waals surface area contributed by atoms with Gasteiger partial charge < -0.3 is 17.2 Å². The molecule has 0 aliphatic carbocycles. The van der Waals surface area contributed by atoms with Gasteiger partial charge in [0.1, 0.15) is 5.84 Å². The predicted octanol–water partition coefficient (Wildman–Crippen LogP) is 2.45. The first-order valence-electron chi connectivity index (χ1n) is 8.05. The van der Waals surface area contributed by atoms with Crippen molar-refractivity contribution in [3.8, 4) is 11.1 Å².